The van der Waals surface area contributed by atoms with Crippen molar-refractivity contribution in [3.05, 3.63) is 45.9 Å². The number of hydrogen-bond donors (Lipinski definition) is 1. The molecule has 9 nitrogen and oxygen atoms in total. The van der Waals surface area contributed by atoms with Gasteiger partial charge in [0, 0.05) is 12.2 Å². The van der Waals surface area contributed by atoms with Gasteiger partial charge in [0.2, 0.25) is 5.28 Å². The van der Waals surface area contributed by atoms with Crippen molar-refractivity contribution in [3.63, 3.8) is 0 Å². The number of fused-ring (bicyclic) bond motifs is 1. The van der Waals surface area contributed by atoms with Gasteiger partial charge in [-0.3, -0.25) is 14.3 Å². The summed E-state index contributed by atoms with van der Waals surface area (Å²) in [6.45, 7) is 5.77. The second-order valence-electron chi connectivity index (χ2n) is 6.86. The number of nitrogens with zero attached hydrogens (tertiary/aromatic N) is 5. The van der Waals surface area contributed by atoms with Crippen LogP contribution in [0.4, 0.5) is 5.82 Å². The van der Waals surface area contributed by atoms with Gasteiger partial charge in [-0.15, -0.1) is 0 Å². The maximum atomic E-state index is 13.1. The first-order chi connectivity index (χ1) is 14.3. The van der Waals surface area contributed by atoms with Gasteiger partial charge in [0.1, 0.15) is 5.52 Å². The van der Waals surface area contributed by atoms with Crippen molar-refractivity contribution in [2.75, 3.05) is 11.1 Å². The second kappa shape index (κ2) is 9.05. The van der Waals surface area contributed by atoms with E-state index in [0.29, 0.717) is 16.9 Å². The number of aromatic nitrogens is 5. The number of sulfone groups is 1. The molecule has 0 unspecified atom stereocenters. The van der Waals surface area contributed by atoms with E-state index in [1.807, 2.05) is 13.8 Å². The normalized spacial score (nSPS) is 12.8. The Morgan fingerprint density at radius 1 is 1.17 bits per heavy atom. The van der Waals surface area contributed by atoms with Crippen LogP contribution in [-0.2, 0) is 16.4 Å². The molecule has 0 aliphatic carbocycles. The molecule has 3 rings (SSSR count). The van der Waals surface area contributed by atoms with E-state index in [4.69, 9.17) is 11.6 Å². The molecule has 1 N–H and O–H groups in total. The molecule has 0 amide bonds. The van der Waals surface area contributed by atoms with E-state index < -0.39 is 9.84 Å². The standard InChI is InChI=1S/C19H23ClN6O3S/c1-4-6-12(3)26-17-15(11-23-19(20)25-17)24-16(18(26)27)22-9-13-7-8-14(10-21-13)30(28,29)5-2/h7-8,10-12H,4-6,9H2,1-3H3,(H,22,24)/t12-/m1/s1. The Kier molecular flexibility index (Phi) is 6.67. The molecular weight excluding hydrogens is 428 g/mol. The molecule has 0 fully saturated rings. The van der Waals surface area contributed by atoms with Crippen LogP contribution in [0, 0.1) is 0 Å². The zero-order chi connectivity index (χ0) is 21.9. The topological polar surface area (TPSA) is 120 Å². The highest BCUT2D eigenvalue weighted by atomic mass is 35.5. The third-order valence-corrected chi connectivity index (χ3v) is 6.63. The molecule has 0 bridgehead atoms. The van der Waals surface area contributed by atoms with Crippen molar-refractivity contribution in [2.45, 2.75) is 51.1 Å². The van der Waals surface area contributed by atoms with Crippen LogP contribution < -0.4 is 10.9 Å². The maximum Gasteiger partial charge on any atom is 0.295 e. The molecule has 11 heteroatoms. The molecule has 0 aromatic carbocycles. The zero-order valence-electron chi connectivity index (χ0n) is 17.0. The Morgan fingerprint density at radius 3 is 2.57 bits per heavy atom. The predicted octanol–water partition coefficient (Wildman–Crippen LogP) is 3.00. The van der Waals surface area contributed by atoms with E-state index >= 15 is 0 Å². The molecule has 3 heterocycles. The van der Waals surface area contributed by atoms with E-state index in [9.17, 15) is 13.2 Å². The molecular formula is C19H23ClN6O3S. The van der Waals surface area contributed by atoms with Gasteiger partial charge in [0.25, 0.3) is 5.56 Å². The number of anilines is 1. The van der Waals surface area contributed by atoms with Gasteiger partial charge in [0.05, 0.1) is 29.1 Å². The van der Waals surface area contributed by atoms with Gasteiger partial charge < -0.3 is 5.32 Å². The molecule has 0 radical (unpaired) electrons. The van der Waals surface area contributed by atoms with Crippen molar-refractivity contribution in [1.82, 2.24) is 24.5 Å². The molecule has 160 valence electrons. The van der Waals surface area contributed by atoms with Gasteiger partial charge in [0.15, 0.2) is 21.3 Å². The first-order valence-corrected chi connectivity index (χ1v) is 11.7. The minimum absolute atomic E-state index is 0.00879. The molecule has 0 saturated heterocycles. The lowest BCUT2D eigenvalue weighted by molar-refractivity contribution is 0.497. The van der Waals surface area contributed by atoms with Gasteiger partial charge in [-0.25, -0.2) is 18.4 Å². The van der Waals surface area contributed by atoms with Gasteiger partial charge in [-0.1, -0.05) is 20.3 Å². The Morgan fingerprint density at radius 2 is 1.93 bits per heavy atom. The SMILES string of the molecule is CCC[C@@H](C)n1c(=O)c(NCc2ccc(S(=O)(=O)CC)cn2)nc2cnc(Cl)nc21. The minimum atomic E-state index is -3.31. The van der Waals surface area contributed by atoms with E-state index in [2.05, 4.69) is 25.3 Å². The Labute approximate surface area is 179 Å². The van der Waals surface area contributed by atoms with Crippen LogP contribution >= 0.6 is 11.6 Å². The van der Waals surface area contributed by atoms with Crippen molar-refractivity contribution < 1.29 is 8.42 Å². The first kappa shape index (κ1) is 22.1. The largest absolute Gasteiger partial charge is 0.360 e. The summed E-state index contributed by atoms with van der Waals surface area (Å²) in [6, 6.07) is 3.02. The molecule has 3 aromatic rings. The van der Waals surface area contributed by atoms with Crippen LogP contribution in [0.3, 0.4) is 0 Å². The van der Waals surface area contributed by atoms with E-state index in [1.54, 1.807) is 17.6 Å². The van der Waals surface area contributed by atoms with Crippen LogP contribution in [0.1, 0.15) is 45.3 Å². The maximum absolute atomic E-state index is 13.1. The highest BCUT2D eigenvalue weighted by molar-refractivity contribution is 7.91. The Bertz CT molecular complexity index is 1210. The fourth-order valence-corrected chi connectivity index (χ4v) is 4.04. The highest BCUT2D eigenvalue weighted by Crippen LogP contribution is 2.19. The van der Waals surface area contributed by atoms with Crippen molar-refractivity contribution in [2.24, 2.45) is 0 Å². The van der Waals surface area contributed by atoms with E-state index in [1.165, 1.54) is 18.5 Å². The highest BCUT2D eigenvalue weighted by Gasteiger charge is 2.17. The van der Waals surface area contributed by atoms with E-state index in [-0.39, 0.29) is 39.9 Å². The zero-order valence-corrected chi connectivity index (χ0v) is 18.5. The Hall–Kier alpha value is -2.59. The van der Waals surface area contributed by atoms with Crippen LogP contribution in [0.5, 0.6) is 0 Å². The third-order valence-electron chi connectivity index (χ3n) is 4.72. The smallest absolute Gasteiger partial charge is 0.295 e. The van der Waals surface area contributed by atoms with Crippen molar-refractivity contribution in [3.8, 4) is 0 Å². The van der Waals surface area contributed by atoms with Crippen LogP contribution in [0.25, 0.3) is 11.2 Å². The van der Waals surface area contributed by atoms with Crippen molar-refractivity contribution in [1.29, 1.82) is 0 Å². The number of hydrogen-bond acceptors (Lipinski definition) is 8. The second-order valence-corrected chi connectivity index (χ2v) is 9.48. The summed E-state index contributed by atoms with van der Waals surface area (Å²) in [5.74, 6) is 0.151. The Balaban J connectivity index is 1.94. The van der Waals surface area contributed by atoms with Gasteiger partial charge in [-0.05, 0) is 37.1 Å². The van der Waals surface area contributed by atoms with Crippen LogP contribution in [-0.4, -0.2) is 38.7 Å². The molecule has 3 aromatic heterocycles. The molecule has 0 aliphatic rings. The average molecular weight is 451 g/mol. The number of halogens is 1. The summed E-state index contributed by atoms with van der Waals surface area (Å²) in [5, 5.41) is 3.05. The molecule has 0 spiro atoms. The quantitative estimate of drug-likeness (QED) is 0.520. The molecule has 1 atom stereocenters. The lowest BCUT2D eigenvalue weighted by Crippen LogP contribution is -2.28. The summed E-state index contributed by atoms with van der Waals surface area (Å²) in [6.07, 6.45) is 4.49. The fraction of sp³-hybridized carbons (Fsp3) is 0.421. The minimum Gasteiger partial charge on any atom is -0.360 e. The average Bonchev–Trinajstić information content (AvgIpc) is 2.73. The fourth-order valence-electron chi connectivity index (χ4n) is 3.09. The lowest BCUT2D eigenvalue weighted by Gasteiger charge is -2.18. The third kappa shape index (κ3) is 4.59. The van der Waals surface area contributed by atoms with Gasteiger partial charge in [-0.2, -0.15) is 4.98 Å². The summed E-state index contributed by atoms with van der Waals surface area (Å²) in [4.78, 5) is 30.0. The number of nitrogens with one attached hydrogen (secondary N) is 1. The van der Waals surface area contributed by atoms with Crippen LogP contribution in [0.2, 0.25) is 5.28 Å². The molecule has 0 aliphatic heterocycles. The van der Waals surface area contributed by atoms with Gasteiger partial charge >= 0.3 is 0 Å². The number of pyridine rings is 1. The monoisotopic (exact) mass is 450 g/mol. The first-order valence-electron chi connectivity index (χ1n) is 9.63. The summed E-state index contributed by atoms with van der Waals surface area (Å²) < 4.78 is 25.4. The van der Waals surface area contributed by atoms with Crippen molar-refractivity contribution >= 4 is 38.4 Å². The number of rotatable bonds is 8. The van der Waals surface area contributed by atoms with E-state index in [0.717, 1.165) is 12.8 Å². The summed E-state index contributed by atoms with van der Waals surface area (Å²) >= 11 is 5.93. The summed E-state index contributed by atoms with van der Waals surface area (Å²) in [5.41, 5.74) is 1.09. The van der Waals surface area contributed by atoms with Crippen LogP contribution in [0.15, 0.2) is 34.2 Å². The molecule has 0 saturated carbocycles. The molecule has 30 heavy (non-hydrogen) atoms. The lowest BCUT2D eigenvalue weighted by atomic mass is 10.2. The predicted molar refractivity (Wildman–Crippen MR) is 116 cm³/mol. The summed E-state index contributed by atoms with van der Waals surface area (Å²) in [7, 11) is -3.31.